The molecule has 2 N–H and O–H groups in total. The van der Waals surface area contributed by atoms with Gasteiger partial charge in [0.1, 0.15) is 0 Å². The molecule has 21 heavy (non-hydrogen) atoms. The molecule has 0 spiro atoms. The SMILES string of the molecule is Cc1ccc(C(=O)NC(=S)Nc2cccc(Br)c2)c(C)c1. The van der Waals surface area contributed by atoms with E-state index in [2.05, 4.69) is 26.6 Å². The molecule has 0 aliphatic carbocycles. The number of hydrogen-bond donors (Lipinski definition) is 2. The van der Waals surface area contributed by atoms with Gasteiger partial charge in [0.05, 0.1) is 0 Å². The smallest absolute Gasteiger partial charge is 0.257 e. The van der Waals surface area contributed by atoms with Crippen molar-refractivity contribution in [3.8, 4) is 0 Å². The minimum Gasteiger partial charge on any atom is -0.332 e. The monoisotopic (exact) mass is 362 g/mol. The van der Waals surface area contributed by atoms with E-state index >= 15 is 0 Å². The van der Waals surface area contributed by atoms with Crippen LogP contribution in [0.4, 0.5) is 5.69 Å². The highest BCUT2D eigenvalue weighted by Gasteiger charge is 2.10. The van der Waals surface area contributed by atoms with E-state index < -0.39 is 0 Å². The van der Waals surface area contributed by atoms with Crippen molar-refractivity contribution in [3.63, 3.8) is 0 Å². The van der Waals surface area contributed by atoms with Crippen molar-refractivity contribution < 1.29 is 4.79 Å². The van der Waals surface area contributed by atoms with E-state index in [9.17, 15) is 4.79 Å². The molecule has 0 saturated carbocycles. The van der Waals surface area contributed by atoms with Gasteiger partial charge < -0.3 is 5.32 Å². The van der Waals surface area contributed by atoms with Crippen molar-refractivity contribution in [3.05, 3.63) is 63.6 Å². The fourth-order valence-corrected chi connectivity index (χ4v) is 2.58. The lowest BCUT2D eigenvalue weighted by molar-refractivity contribution is 0.0977. The molecule has 0 heterocycles. The van der Waals surface area contributed by atoms with Crippen LogP contribution in [0.2, 0.25) is 0 Å². The summed E-state index contributed by atoms with van der Waals surface area (Å²) in [6, 6.07) is 13.3. The Hall–Kier alpha value is -1.72. The molecule has 0 unspecified atom stereocenters. The normalized spacial score (nSPS) is 10.0. The van der Waals surface area contributed by atoms with E-state index in [1.54, 1.807) is 0 Å². The molecular weight excluding hydrogens is 348 g/mol. The Kier molecular flexibility index (Phi) is 5.09. The largest absolute Gasteiger partial charge is 0.332 e. The van der Waals surface area contributed by atoms with Crippen molar-refractivity contribution in [1.82, 2.24) is 5.32 Å². The number of halogens is 1. The van der Waals surface area contributed by atoms with Crippen LogP contribution in [0.15, 0.2) is 46.9 Å². The number of carbonyl (C=O) groups is 1. The number of nitrogens with one attached hydrogen (secondary N) is 2. The van der Waals surface area contributed by atoms with Crippen molar-refractivity contribution >= 4 is 44.9 Å². The molecule has 2 rings (SSSR count). The summed E-state index contributed by atoms with van der Waals surface area (Å²) in [5, 5.41) is 5.95. The molecular formula is C16H15BrN2OS. The zero-order chi connectivity index (χ0) is 15.4. The third kappa shape index (κ3) is 4.37. The van der Waals surface area contributed by atoms with Gasteiger partial charge in [-0.15, -0.1) is 0 Å². The van der Waals surface area contributed by atoms with Crippen molar-refractivity contribution in [2.24, 2.45) is 0 Å². The molecule has 2 aromatic carbocycles. The van der Waals surface area contributed by atoms with Crippen LogP contribution in [0.3, 0.4) is 0 Å². The summed E-state index contributed by atoms with van der Waals surface area (Å²) >= 11 is 8.55. The van der Waals surface area contributed by atoms with E-state index in [4.69, 9.17) is 12.2 Å². The maximum absolute atomic E-state index is 12.2. The number of amides is 1. The molecule has 2 aromatic rings. The number of anilines is 1. The molecule has 1 amide bonds. The van der Waals surface area contributed by atoms with Gasteiger partial charge in [0.15, 0.2) is 5.11 Å². The topological polar surface area (TPSA) is 41.1 Å². The quantitative estimate of drug-likeness (QED) is 0.786. The highest BCUT2D eigenvalue weighted by Crippen LogP contribution is 2.15. The van der Waals surface area contributed by atoms with Crippen LogP contribution < -0.4 is 10.6 Å². The lowest BCUT2D eigenvalue weighted by atomic mass is 10.1. The van der Waals surface area contributed by atoms with Gasteiger partial charge in [0.25, 0.3) is 5.91 Å². The summed E-state index contributed by atoms with van der Waals surface area (Å²) in [5.74, 6) is -0.208. The molecule has 0 atom stereocenters. The van der Waals surface area contributed by atoms with E-state index in [0.717, 1.165) is 21.3 Å². The van der Waals surface area contributed by atoms with Crippen LogP contribution in [0.25, 0.3) is 0 Å². The number of aryl methyl sites for hydroxylation is 2. The minimum atomic E-state index is -0.208. The maximum atomic E-state index is 12.2. The second-order valence-corrected chi connectivity index (χ2v) is 6.06. The second kappa shape index (κ2) is 6.83. The Morgan fingerprint density at radius 2 is 1.90 bits per heavy atom. The molecule has 0 fully saturated rings. The number of hydrogen-bond acceptors (Lipinski definition) is 2. The highest BCUT2D eigenvalue weighted by molar-refractivity contribution is 9.10. The average molecular weight is 363 g/mol. The lowest BCUT2D eigenvalue weighted by Crippen LogP contribution is -2.34. The summed E-state index contributed by atoms with van der Waals surface area (Å²) in [5.41, 5.74) is 3.49. The second-order valence-electron chi connectivity index (χ2n) is 4.74. The summed E-state index contributed by atoms with van der Waals surface area (Å²) in [6.45, 7) is 3.90. The Morgan fingerprint density at radius 3 is 2.57 bits per heavy atom. The molecule has 0 radical (unpaired) electrons. The molecule has 0 bridgehead atoms. The summed E-state index contributed by atoms with van der Waals surface area (Å²) < 4.78 is 0.941. The number of benzene rings is 2. The van der Waals surface area contributed by atoms with Gasteiger partial charge in [0, 0.05) is 15.7 Å². The first-order valence-corrected chi connectivity index (χ1v) is 7.61. The fourth-order valence-electron chi connectivity index (χ4n) is 1.97. The minimum absolute atomic E-state index is 0.208. The van der Waals surface area contributed by atoms with Crippen LogP contribution in [0, 0.1) is 13.8 Å². The van der Waals surface area contributed by atoms with Crippen LogP contribution in [-0.2, 0) is 0 Å². The van der Waals surface area contributed by atoms with Gasteiger partial charge in [-0.05, 0) is 55.9 Å². The standard InChI is InChI=1S/C16H15BrN2OS/c1-10-6-7-14(11(2)8-10)15(20)19-16(21)18-13-5-3-4-12(17)9-13/h3-9H,1-2H3,(H2,18,19,20,21). The summed E-state index contributed by atoms with van der Waals surface area (Å²) in [6.07, 6.45) is 0. The van der Waals surface area contributed by atoms with Crippen LogP contribution >= 0.6 is 28.1 Å². The van der Waals surface area contributed by atoms with Gasteiger partial charge >= 0.3 is 0 Å². The zero-order valence-corrected chi connectivity index (χ0v) is 14.1. The fraction of sp³-hybridized carbons (Fsp3) is 0.125. The van der Waals surface area contributed by atoms with Crippen molar-refractivity contribution in [2.45, 2.75) is 13.8 Å². The zero-order valence-electron chi connectivity index (χ0n) is 11.7. The van der Waals surface area contributed by atoms with Crippen LogP contribution in [0.1, 0.15) is 21.5 Å². The third-order valence-corrected chi connectivity index (χ3v) is 3.63. The van der Waals surface area contributed by atoms with E-state index in [-0.39, 0.29) is 11.0 Å². The number of rotatable bonds is 2. The van der Waals surface area contributed by atoms with Gasteiger partial charge in [-0.2, -0.15) is 0 Å². The molecule has 0 aliphatic heterocycles. The Labute approximate surface area is 137 Å². The van der Waals surface area contributed by atoms with E-state index in [1.165, 1.54) is 0 Å². The molecule has 5 heteroatoms. The van der Waals surface area contributed by atoms with E-state index in [1.807, 2.05) is 56.3 Å². The Bertz CT molecular complexity index is 700. The highest BCUT2D eigenvalue weighted by atomic mass is 79.9. The summed E-state index contributed by atoms with van der Waals surface area (Å²) in [4.78, 5) is 12.2. The van der Waals surface area contributed by atoms with Crippen molar-refractivity contribution in [2.75, 3.05) is 5.32 Å². The average Bonchev–Trinajstić information content (AvgIpc) is 2.38. The lowest BCUT2D eigenvalue weighted by Gasteiger charge is -2.11. The molecule has 0 aromatic heterocycles. The predicted molar refractivity (Wildman–Crippen MR) is 93.7 cm³/mol. The third-order valence-electron chi connectivity index (χ3n) is 2.94. The molecule has 0 saturated heterocycles. The Balaban J connectivity index is 2.04. The predicted octanol–water partition coefficient (Wildman–Crippen LogP) is 4.19. The van der Waals surface area contributed by atoms with E-state index in [0.29, 0.717) is 5.56 Å². The number of thiocarbonyl (C=S) groups is 1. The van der Waals surface area contributed by atoms with Crippen LogP contribution in [-0.4, -0.2) is 11.0 Å². The van der Waals surface area contributed by atoms with Crippen molar-refractivity contribution in [1.29, 1.82) is 0 Å². The van der Waals surface area contributed by atoms with Gasteiger partial charge in [-0.1, -0.05) is 39.7 Å². The summed E-state index contributed by atoms with van der Waals surface area (Å²) in [7, 11) is 0. The Morgan fingerprint density at radius 1 is 1.14 bits per heavy atom. The van der Waals surface area contributed by atoms with Gasteiger partial charge in [-0.25, -0.2) is 0 Å². The van der Waals surface area contributed by atoms with Gasteiger partial charge in [-0.3, -0.25) is 10.1 Å². The first-order valence-electron chi connectivity index (χ1n) is 6.41. The van der Waals surface area contributed by atoms with Gasteiger partial charge in [0.2, 0.25) is 0 Å². The maximum Gasteiger partial charge on any atom is 0.257 e. The number of carbonyl (C=O) groups excluding carboxylic acids is 1. The first-order chi connectivity index (χ1) is 9.95. The first kappa shape index (κ1) is 15.7. The molecule has 108 valence electrons. The molecule has 0 aliphatic rings. The van der Waals surface area contributed by atoms with Crippen LogP contribution in [0.5, 0.6) is 0 Å². The molecule has 3 nitrogen and oxygen atoms in total.